The van der Waals surface area contributed by atoms with E-state index in [2.05, 4.69) is 0 Å². The summed E-state index contributed by atoms with van der Waals surface area (Å²) in [5.74, 6) is -0.833. The quantitative estimate of drug-likeness (QED) is 0.560. The zero-order chi connectivity index (χ0) is 5.58. The molecule has 0 fully saturated rings. The van der Waals surface area contributed by atoms with E-state index >= 15 is 0 Å². The topological polar surface area (TPSA) is 37.3 Å². The van der Waals surface area contributed by atoms with Gasteiger partial charge in [0.15, 0.2) is 0 Å². The average molecular weight is 187 g/mol. The molecule has 0 radical (unpaired) electrons. The fraction of sp³-hybridized carbons (Fsp3) is 0.500. The molecule has 0 aliphatic carbocycles. The zero-order valence-electron chi connectivity index (χ0n) is 3.03. The third-order valence-corrected chi connectivity index (χ3v) is 0. The first-order valence-electron chi connectivity index (χ1n) is 1.04. The Hall–Kier alpha value is 0.140. The van der Waals surface area contributed by atoms with Crippen LogP contribution in [-0.4, -0.2) is 11.1 Å². The molecule has 4 heteroatoms. The first kappa shape index (κ1) is 9.46. The van der Waals surface area contributed by atoms with Gasteiger partial charge in [-0.25, -0.2) is 0 Å². The zero-order valence-corrected chi connectivity index (χ0v) is 4.52. The maximum atomic E-state index is 9.31. The van der Waals surface area contributed by atoms with Gasteiger partial charge in [-0.15, -0.1) is 0 Å². The number of rotatable bonds is 0. The van der Waals surface area contributed by atoms with Crippen LogP contribution in [0.3, 0.4) is 0 Å². The Balaban J connectivity index is 0. The normalized spacial score (nSPS) is 5.33. The van der Waals surface area contributed by atoms with Crippen LogP contribution < -0.4 is 0 Å². The summed E-state index contributed by atoms with van der Waals surface area (Å²) in [6, 6.07) is 0. The molecule has 0 atom stereocenters. The van der Waals surface area contributed by atoms with E-state index in [0.717, 1.165) is 6.92 Å². The first-order valence-corrected chi connectivity index (χ1v) is 1.60. The number of aliphatic carboxylic acids is 1. The number of hydrogen-bond donors (Lipinski definition) is 1. The van der Waals surface area contributed by atoms with Gasteiger partial charge in [-0.2, -0.15) is 0 Å². The van der Waals surface area contributed by atoms with Crippen molar-refractivity contribution in [2.45, 2.75) is 6.92 Å². The second-order valence-corrected chi connectivity index (χ2v) is 0.519. The number of hydrogen-bond acceptors (Lipinski definition) is 1. The molecule has 0 rings (SSSR count). The predicted octanol–water partition coefficient (Wildman–Crippen LogP) is 0.509. The minimum absolute atomic E-state index is 0.833. The summed E-state index contributed by atoms with van der Waals surface area (Å²) in [6.45, 7) is 1.08. The standard InChI is InChI=1S/C2H4O2.Ag.FH/c1-2(3)4;;/h1H3,(H,3,4);;1H/q;+1;/p-1. The summed E-state index contributed by atoms with van der Waals surface area (Å²) in [5.41, 5.74) is 0. The monoisotopic (exact) mass is 186 g/mol. The van der Waals surface area contributed by atoms with Crippen LogP contribution in [0.4, 0.5) is 3.02 Å². The van der Waals surface area contributed by atoms with Crippen LogP contribution in [0.15, 0.2) is 0 Å². The molecule has 0 unspecified atom stereocenters. The Morgan fingerprint density at radius 1 is 1.83 bits per heavy atom. The van der Waals surface area contributed by atoms with Gasteiger partial charge in [0.2, 0.25) is 0 Å². The molecule has 0 spiro atoms. The van der Waals surface area contributed by atoms with Crippen molar-refractivity contribution in [2.75, 3.05) is 0 Å². The van der Waals surface area contributed by atoms with Gasteiger partial charge in [0.25, 0.3) is 5.97 Å². The van der Waals surface area contributed by atoms with Crippen molar-refractivity contribution in [3.8, 4) is 0 Å². The molecule has 0 aromatic carbocycles. The van der Waals surface area contributed by atoms with Gasteiger partial charge >= 0.3 is 24.6 Å². The van der Waals surface area contributed by atoms with E-state index < -0.39 is 5.97 Å². The van der Waals surface area contributed by atoms with Crippen molar-refractivity contribution in [3.05, 3.63) is 0 Å². The van der Waals surface area contributed by atoms with Crippen LogP contribution in [-0.2, 0) is 26.4 Å². The molecule has 0 aromatic rings. The molecular weight excluding hydrogens is 183 g/mol. The van der Waals surface area contributed by atoms with Crippen molar-refractivity contribution < 1.29 is 34.5 Å². The van der Waals surface area contributed by atoms with Gasteiger partial charge in [-0.1, -0.05) is 0 Å². The van der Waals surface area contributed by atoms with Crippen LogP contribution in [0, 0.1) is 0 Å². The molecular formula is C2H4AgFO2. The van der Waals surface area contributed by atoms with Crippen molar-refractivity contribution in [3.63, 3.8) is 0 Å². The molecule has 0 amide bonds. The van der Waals surface area contributed by atoms with Crippen LogP contribution in [0.25, 0.3) is 0 Å². The number of carboxylic acids is 1. The van der Waals surface area contributed by atoms with Gasteiger partial charge in [0.1, 0.15) is 0 Å². The van der Waals surface area contributed by atoms with Gasteiger partial charge in [0.05, 0.1) is 0 Å². The maximum absolute atomic E-state index is 9.31. The molecule has 0 aromatic heterocycles. The van der Waals surface area contributed by atoms with E-state index in [1.54, 1.807) is 0 Å². The Morgan fingerprint density at radius 3 is 1.83 bits per heavy atom. The van der Waals surface area contributed by atoms with Crippen molar-refractivity contribution in [2.24, 2.45) is 0 Å². The summed E-state index contributed by atoms with van der Waals surface area (Å²) >= 11 is 1.45. The predicted molar refractivity (Wildman–Crippen MR) is 14.4 cm³/mol. The summed E-state index contributed by atoms with van der Waals surface area (Å²) < 4.78 is 9.31. The Kier molecular flexibility index (Phi) is 14.1. The Bertz CT molecular complexity index is 34.5. The summed E-state index contributed by atoms with van der Waals surface area (Å²) in [7, 11) is 0. The molecule has 0 aliphatic heterocycles. The third kappa shape index (κ3) is 2080. The van der Waals surface area contributed by atoms with Gasteiger partial charge in [0, 0.05) is 6.92 Å². The Morgan fingerprint density at radius 2 is 1.83 bits per heavy atom. The van der Waals surface area contributed by atoms with Gasteiger partial charge in [-0.05, 0) is 0 Å². The second kappa shape index (κ2) is 8.94. The average Bonchev–Trinajstić information content (AvgIpc) is 1.41. The van der Waals surface area contributed by atoms with E-state index in [4.69, 9.17) is 9.90 Å². The summed E-state index contributed by atoms with van der Waals surface area (Å²) in [4.78, 5) is 9.00. The summed E-state index contributed by atoms with van der Waals surface area (Å²) in [6.07, 6.45) is 0. The van der Waals surface area contributed by atoms with E-state index in [1.807, 2.05) is 0 Å². The van der Waals surface area contributed by atoms with Crippen LogP contribution in [0.5, 0.6) is 0 Å². The molecule has 2 nitrogen and oxygen atoms in total. The van der Waals surface area contributed by atoms with E-state index in [9.17, 15) is 3.02 Å². The molecule has 0 saturated heterocycles. The van der Waals surface area contributed by atoms with Gasteiger partial charge < -0.3 is 5.11 Å². The van der Waals surface area contributed by atoms with Crippen LogP contribution >= 0.6 is 0 Å². The number of carboxylic acid groups (broad SMARTS) is 1. The fourth-order valence-electron chi connectivity index (χ4n) is 0. The molecule has 0 aliphatic rings. The molecule has 0 bridgehead atoms. The molecule has 6 heavy (non-hydrogen) atoms. The number of halogens is 1. The first-order chi connectivity index (χ1) is 2.73. The molecule has 42 valence electrons. The van der Waals surface area contributed by atoms with E-state index in [0.29, 0.717) is 0 Å². The SMILES string of the molecule is CC(=O)O.[F][Ag]. The summed E-state index contributed by atoms with van der Waals surface area (Å²) in [5, 5.41) is 7.42. The molecule has 0 saturated carbocycles. The molecule has 0 heterocycles. The van der Waals surface area contributed by atoms with Gasteiger partial charge in [-0.3, -0.25) is 4.79 Å². The Labute approximate surface area is 48.0 Å². The molecule has 1 N–H and O–H groups in total. The second-order valence-electron chi connectivity index (χ2n) is 0.519. The van der Waals surface area contributed by atoms with Crippen molar-refractivity contribution in [1.82, 2.24) is 0 Å². The van der Waals surface area contributed by atoms with Crippen LogP contribution in [0.2, 0.25) is 0 Å². The minimum atomic E-state index is -0.833. The van der Waals surface area contributed by atoms with E-state index in [-0.39, 0.29) is 0 Å². The third-order valence-electron chi connectivity index (χ3n) is 0. The van der Waals surface area contributed by atoms with Crippen molar-refractivity contribution in [1.29, 1.82) is 0 Å². The van der Waals surface area contributed by atoms with Crippen molar-refractivity contribution >= 4 is 5.97 Å². The van der Waals surface area contributed by atoms with E-state index in [1.165, 1.54) is 21.6 Å². The fourth-order valence-corrected chi connectivity index (χ4v) is 0. The van der Waals surface area contributed by atoms with Crippen LogP contribution in [0.1, 0.15) is 6.92 Å². The number of carbonyl (C=O) groups is 1.